The molecule has 1 rings (SSSR count). The molecule has 0 aromatic rings. The van der Waals surface area contributed by atoms with Gasteiger partial charge in [0.05, 0.1) is 6.04 Å². The van der Waals surface area contributed by atoms with E-state index in [1.54, 1.807) is 0 Å². The zero-order valence-corrected chi connectivity index (χ0v) is 8.36. The number of nitrogens with two attached hydrogens (primary N) is 2. The maximum atomic E-state index is 11.0. The summed E-state index contributed by atoms with van der Waals surface area (Å²) in [4.78, 5) is 13.1. The Morgan fingerprint density at radius 1 is 1.62 bits per heavy atom. The highest BCUT2D eigenvalue weighted by atomic mass is 16.1. The predicted molar refractivity (Wildman–Crippen MR) is 52.0 cm³/mol. The highest BCUT2D eigenvalue weighted by Crippen LogP contribution is 2.18. The van der Waals surface area contributed by atoms with Crippen LogP contribution in [0.25, 0.3) is 0 Å². The fourth-order valence-electron chi connectivity index (χ4n) is 1.97. The fraction of sp³-hybridized carbons (Fsp3) is 0.889. The molecule has 1 aliphatic heterocycles. The van der Waals surface area contributed by atoms with E-state index in [9.17, 15) is 4.79 Å². The molecule has 76 valence electrons. The van der Waals surface area contributed by atoms with Crippen LogP contribution < -0.4 is 11.5 Å². The van der Waals surface area contributed by atoms with E-state index in [1.165, 1.54) is 0 Å². The minimum absolute atomic E-state index is 0.164. The summed E-state index contributed by atoms with van der Waals surface area (Å²) in [5, 5.41) is 0. The Labute approximate surface area is 79.3 Å². The van der Waals surface area contributed by atoms with Gasteiger partial charge in [-0.3, -0.25) is 9.69 Å². The highest BCUT2D eigenvalue weighted by molar-refractivity contribution is 5.79. The van der Waals surface area contributed by atoms with Crippen LogP contribution in [0.4, 0.5) is 0 Å². The molecule has 4 heteroatoms. The van der Waals surface area contributed by atoms with E-state index in [0.717, 1.165) is 19.4 Å². The molecular weight excluding hydrogens is 166 g/mol. The first-order chi connectivity index (χ1) is 6.02. The lowest BCUT2D eigenvalue weighted by molar-refractivity contribution is -0.124. The molecule has 0 aromatic heterocycles. The number of piperidine rings is 1. The fourth-order valence-corrected chi connectivity index (χ4v) is 1.97. The maximum absolute atomic E-state index is 11.0. The van der Waals surface area contributed by atoms with Gasteiger partial charge in [0.15, 0.2) is 0 Å². The zero-order chi connectivity index (χ0) is 10.0. The minimum Gasteiger partial charge on any atom is -0.368 e. The molecule has 13 heavy (non-hydrogen) atoms. The van der Waals surface area contributed by atoms with E-state index in [4.69, 9.17) is 11.5 Å². The normalized spacial score (nSPS) is 32.8. The minimum atomic E-state index is -0.248. The van der Waals surface area contributed by atoms with Crippen molar-refractivity contribution in [3.05, 3.63) is 0 Å². The Bertz CT molecular complexity index is 195. The van der Waals surface area contributed by atoms with Gasteiger partial charge in [0, 0.05) is 18.6 Å². The molecule has 0 bridgehead atoms. The number of nitrogens with zero attached hydrogens (tertiary/aromatic N) is 1. The van der Waals surface area contributed by atoms with Crippen LogP contribution in [0.3, 0.4) is 0 Å². The highest BCUT2D eigenvalue weighted by Gasteiger charge is 2.28. The van der Waals surface area contributed by atoms with Crippen LogP contribution in [-0.4, -0.2) is 35.5 Å². The molecule has 1 saturated heterocycles. The molecule has 1 amide bonds. The molecule has 1 fully saturated rings. The van der Waals surface area contributed by atoms with Gasteiger partial charge in [-0.1, -0.05) is 0 Å². The Balaban J connectivity index is 2.55. The van der Waals surface area contributed by atoms with Crippen LogP contribution >= 0.6 is 0 Å². The second-order valence-corrected chi connectivity index (χ2v) is 3.95. The average molecular weight is 185 g/mol. The Kier molecular flexibility index (Phi) is 3.27. The van der Waals surface area contributed by atoms with Crippen molar-refractivity contribution in [3.63, 3.8) is 0 Å². The van der Waals surface area contributed by atoms with E-state index < -0.39 is 0 Å². The summed E-state index contributed by atoms with van der Waals surface area (Å²) in [6, 6.07) is 0.486. The van der Waals surface area contributed by atoms with E-state index in [-0.39, 0.29) is 18.0 Å². The molecule has 1 heterocycles. The van der Waals surface area contributed by atoms with Crippen LogP contribution in [0, 0.1) is 0 Å². The van der Waals surface area contributed by atoms with Gasteiger partial charge in [-0.15, -0.1) is 0 Å². The molecule has 0 aromatic carbocycles. The van der Waals surface area contributed by atoms with Gasteiger partial charge in [0.2, 0.25) is 5.91 Å². The number of primary amides is 1. The summed E-state index contributed by atoms with van der Waals surface area (Å²) in [5.41, 5.74) is 11.1. The van der Waals surface area contributed by atoms with E-state index >= 15 is 0 Å². The van der Waals surface area contributed by atoms with Gasteiger partial charge in [-0.25, -0.2) is 0 Å². The lowest BCUT2D eigenvalue weighted by atomic mass is 9.97. The van der Waals surface area contributed by atoms with E-state index in [0.29, 0.717) is 6.04 Å². The third kappa shape index (κ3) is 2.42. The van der Waals surface area contributed by atoms with Crippen molar-refractivity contribution < 1.29 is 4.79 Å². The first kappa shape index (κ1) is 10.5. The first-order valence-electron chi connectivity index (χ1n) is 4.83. The summed E-state index contributed by atoms with van der Waals surface area (Å²) in [5.74, 6) is -0.248. The summed E-state index contributed by atoms with van der Waals surface area (Å²) in [7, 11) is 0. The van der Waals surface area contributed by atoms with E-state index in [1.807, 2.05) is 6.92 Å². The third-order valence-corrected chi connectivity index (χ3v) is 2.88. The largest absolute Gasteiger partial charge is 0.368 e. The van der Waals surface area contributed by atoms with Gasteiger partial charge in [-0.2, -0.15) is 0 Å². The number of hydrogen-bond donors (Lipinski definition) is 2. The number of likely N-dealkylation sites (tertiary alicyclic amines) is 1. The number of carbonyl (C=O) groups excluding carboxylic acids is 1. The van der Waals surface area contributed by atoms with Gasteiger partial charge in [0.25, 0.3) is 0 Å². The van der Waals surface area contributed by atoms with Crippen molar-refractivity contribution in [2.45, 2.75) is 44.8 Å². The van der Waals surface area contributed by atoms with Crippen LogP contribution in [-0.2, 0) is 4.79 Å². The second kappa shape index (κ2) is 4.07. The van der Waals surface area contributed by atoms with Crippen LogP contribution in [0.1, 0.15) is 26.7 Å². The number of carbonyl (C=O) groups is 1. The van der Waals surface area contributed by atoms with Gasteiger partial charge in [-0.05, 0) is 26.7 Å². The van der Waals surface area contributed by atoms with Crippen molar-refractivity contribution in [3.8, 4) is 0 Å². The zero-order valence-electron chi connectivity index (χ0n) is 8.36. The predicted octanol–water partition coefficient (Wildman–Crippen LogP) is -0.328. The van der Waals surface area contributed by atoms with Crippen LogP contribution in [0.2, 0.25) is 0 Å². The molecular formula is C9H19N3O. The molecule has 4 N–H and O–H groups in total. The summed E-state index contributed by atoms with van der Waals surface area (Å²) in [6.07, 6.45) is 1.92. The SMILES string of the molecule is CC1CC(N)CCN1C(C)C(N)=O. The quantitative estimate of drug-likeness (QED) is 0.619. The lowest BCUT2D eigenvalue weighted by Crippen LogP contribution is -2.53. The van der Waals surface area contributed by atoms with Crippen molar-refractivity contribution in [1.82, 2.24) is 4.90 Å². The Morgan fingerprint density at radius 2 is 2.23 bits per heavy atom. The molecule has 0 radical (unpaired) electrons. The molecule has 0 aliphatic carbocycles. The molecule has 0 spiro atoms. The van der Waals surface area contributed by atoms with Gasteiger partial charge < -0.3 is 11.5 Å². The van der Waals surface area contributed by atoms with Crippen molar-refractivity contribution in [2.24, 2.45) is 11.5 Å². The second-order valence-electron chi connectivity index (χ2n) is 3.95. The molecule has 4 nitrogen and oxygen atoms in total. The van der Waals surface area contributed by atoms with Crippen LogP contribution in [0.15, 0.2) is 0 Å². The first-order valence-corrected chi connectivity index (χ1v) is 4.83. The number of rotatable bonds is 2. The molecule has 3 unspecified atom stereocenters. The number of amides is 1. The topological polar surface area (TPSA) is 72.3 Å². The standard InChI is InChI=1S/C9H19N3O/c1-6-5-8(10)3-4-12(6)7(2)9(11)13/h6-8H,3-5,10H2,1-2H3,(H2,11,13). The third-order valence-electron chi connectivity index (χ3n) is 2.88. The van der Waals surface area contributed by atoms with E-state index in [2.05, 4.69) is 11.8 Å². The van der Waals surface area contributed by atoms with Crippen molar-refractivity contribution >= 4 is 5.91 Å². The summed E-state index contributed by atoms with van der Waals surface area (Å²) >= 11 is 0. The molecule has 1 aliphatic rings. The molecule has 3 atom stereocenters. The lowest BCUT2D eigenvalue weighted by Gasteiger charge is -2.38. The van der Waals surface area contributed by atoms with Crippen molar-refractivity contribution in [1.29, 1.82) is 0 Å². The molecule has 0 saturated carbocycles. The Morgan fingerprint density at radius 3 is 2.69 bits per heavy atom. The smallest absolute Gasteiger partial charge is 0.234 e. The average Bonchev–Trinajstić information content (AvgIpc) is 2.03. The number of hydrogen-bond acceptors (Lipinski definition) is 3. The van der Waals surface area contributed by atoms with Crippen LogP contribution in [0.5, 0.6) is 0 Å². The maximum Gasteiger partial charge on any atom is 0.234 e. The summed E-state index contributed by atoms with van der Waals surface area (Å²) < 4.78 is 0. The Hall–Kier alpha value is -0.610. The van der Waals surface area contributed by atoms with Gasteiger partial charge >= 0.3 is 0 Å². The monoisotopic (exact) mass is 185 g/mol. The van der Waals surface area contributed by atoms with Gasteiger partial charge in [0.1, 0.15) is 0 Å². The summed E-state index contributed by atoms with van der Waals surface area (Å²) in [6.45, 7) is 4.83. The van der Waals surface area contributed by atoms with Crippen molar-refractivity contribution in [2.75, 3.05) is 6.54 Å².